The van der Waals surface area contributed by atoms with Crippen molar-refractivity contribution in [1.29, 1.82) is 0 Å². The maximum Gasteiger partial charge on any atom is 0.137 e. The fourth-order valence-corrected chi connectivity index (χ4v) is 3.03. The first-order valence-corrected chi connectivity index (χ1v) is 7.59. The molecule has 0 aromatic carbocycles. The number of nitrogens with zero attached hydrogens (tertiary/aromatic N) is 2. The molecule has 0 saturated carbocycles. The largest absolute Gasteiger partial charge is 0.492 e. The average molecular weight is 402 g/mol. The zero-order valence-corrected chi connectivity index (χ0v) is 14.0. The molecule has 1 atom stereocenters. The number of nitrogens with one attached hydrogen (secondary N) is 1. The summed E-state index contributed by atoms with van der Waals surface area (Å²) in [6.07, 6.45) is 5.14. The third kappa shape index (κ3) is 3.54. The van der Waals surface area contributed by atoms with Crippen LogP contribution >= 0.6 is 31.9 Å². The van der Waals surface area contributed by atoms with Gasteiger partial charge < -0.3 is 4.74 Å². The highest BCUT2D eigenvalue weighted by atomic mass is 79.9. The maximum atomic E-state index is 5.68. The highest BCUT2D eigenvalue weighted by Gasteiger charge is 2.18. The summed E-state index contributed by atoms with van der Waals surface area (Å²) in [7, 11) is 0. The molecule has 0 fully saturated rings. The minimum Gasteiger partial charge on any atom is -0.492 e. The van der Waals surface area contributed by atoms with Gasteiger partial charge in [-0.05, 0) is 56.5 Å². The summed E-state index contributed by atoms with van der Waals surface area (Å²) in [6.45, 7) is 2.52. The van der Waals surface area contributed by atoms with Gasteiger partial charge >= 0.3 is 0 Å². The van der Waals surface area contributed by atoms with Crippen LogP contribution in [0.4, 0.5) is 0 Å². The van der Waals surface area contributed by atoms with Crippen LogP contribution in [0.25, 0.3) is 0 Å². The van der Waals surface area contributed by atoms with Crippen molar-refractivity contribution in [2.24, 2.45) is 5.84 Å². The number of hydrazine groups is 1. The van der Waals surface area contributed by atoms with Gasteiger partial charge in [-0.25, -0.2) is 5.43 Å². The zero-order valence-electron chi connectivity index (χ0n) is 10.8. The van der Waals surface area contributed by atoms with E-state index < -0.39 is 0 Å². The van der Waals surface area contributed by atoms with Crippen LogP contribution in [0.15, 0.2) is 39.7 Å². The molecule has 0 aliphatic heterocycles. The molecule has 2 aromatic heterocycles. The summed E-state index contributed by atoms with van der Waals surface area (Å²) in [5.41, 5.74) is 4.43. The van der Waals surface area contributed by atoms with E-state index >= 15 is 0 Å². The molecule has 3 N–H and O–H groups in total. The van der Waals surface area contributed by atoms with Crippen molar-refractivity contribution in [3.05, 3.63) is 50.9 Å². The number of nitrogens with two attached hydrogens (primary N) is 1. The summed E-state index contributed by atoms with van der Waals surface area (Å²) >= 11 is 6.87. The predicted octanol–water partition coefficient (Wildman–Crippen LogP) is 2.95. The van der Waals surface area contributed by atoms with E-state index in [4.69, 9.17) is 10.6 Å². The van der Waals surface area contributed by atoms with Gasteiger partial charge in [0, 0.05) is 21.3 Å². The van der Waals surface area contributed by atoms with Crippen LogP contribution in [0.1, 0.15) is 24.2 Å². The summed E-state index contributed by atoms with van der Waals surface area (Å²) in [6, 6.07) is 3.55. The van der Waals surface area contributed by atoms with Crippen molar-refractivity contribution in [3.8, 4) is 5.75 Å². The van der Waals surface area contributed by atoms with Crippen molar-refractivity contribution in [3.63, 3.8) is 0 Å². The van der Waals surface area contributed by atoms with Crippen LogP contribution in [0, 0.1) is 0 Å². The molecule has 7 heteroatoms. The minimum absolute atomic E-state index is 0.273. The topological polar surface area (TPSA) is 73.1 Å². The first-order valence-electron chi connectivity index (χ1n) is 6.00. The fourth-order valence-electron chi connectivity index (χ4n) is 1.81. The lowest BCUT2D eigenvalue weighted by Gasteiger charge is -2.17. The second-order valence-corrected chi connectivity index (χ2v) is 5.78. The SMILES string of the molecule is CCOc1cncc(C(NN)c2ncc(Br)cc2Br)c1. The highest BCUT2D eigenvalue weighted by Crippen LogP contribution is 2.29. The molecule has 0 radical (unpaired) electrons. The molecule has 106 valence electrons. The summed E-state index contributed by atoms with van der Waals surface area (Å²) in [4.78, 5) is 8.57. The van der Waals surface area contributed by atoms with E-state index in [2.05, 4.69) is 47.3 Å². The van der Waals surface area contributed by atoms with Gasteiger partial charge in [0.2, 0.25) is 0 Å². The van der Waals surface area contributed by atoms with Gasteiger partial charge in [-0.15, -0.1) is 0 Å². The van der Waals surface area contributed by atoms with Crippen molar-refractivity contribution in [1.82, 2.24) is 15.4 Å². The predicted molar refractivity (Wildman–Crippen MR) is 84.2 cm³/mol. The third-order valence-electron chi connectivity index (χ3n) is 2.66. The molecule has 2 rings (SSSR count). The van der Waals surface area contributed by atoms with Crippen molar-refractivity contribution in [2.45, 2.75) is 13.0 Å². The Hall–Kier alpha value is -1.02. The van der Waals surface area contributed by atoms with Crippen LogP contribution in [-0.4, -0.2) is 16.6 Å². The number of pyridine rings is 2. The molecule has 20 heavy (non-hydrogen) atoms. The molecular formula is C13H14Br2N4O. The minimum atomic E-state index is -0.273. The Balaban J connectivity index is 2.38. The standard InChI is InChI=1S/C13H14Br2N4O/c1-2-20-10-3-8(5-17-7-10)12(19-16)13-11(15)4-9(14)6-18-13/h3-7,12,19H,2,16H2,1H3. The first kappa shape index (κ1) is 15.4. The summed E-state index contributed by atoms with van der Waals surface area (Å²) in [5, 5.41) is 0. The van der Waals surface area contributed by atoms with E-state index in [1.807, 2.05) is 19.1 Å². The number of hydrogen-bond acceptors (Lipinski definition) is 5. The molecule has 2 aromatic rings. The molecule has 5 nitrogen and oxygen atoms in total. The molecule has 0 aliphatic carbocycles. The molecule has 0 aliphatic rings. The van der Waals surface area contributed by atoms with Crippen molar-refractivity contribution < 1.29 is 4.74 Å². The maximum absolute atomic E-state index is 5.68. The molecule has 0 bridgehead atoms. The Morgan fingerprint density at radius 1 is 1.30 bits per heavy atom. The van der Waals surface area contributed by atoms with Gasteiger partial charge in [0.05, 0.1) is 24.5 Å². The van der Waals surface area contributed by atoms with E-state index in [1.54, 1.807) is 18.6 Å². The van der Waals surface area contributed by atoms with E-state index in [0.717, 1.165) is 20.2 Å². The van der Waals surface area contributed by atoms with Gasteiger partial charge in [-0.3, -0.25) is 15.8 Å². The first-order chi connectivity index (χ1) is 9.65. The molecule has 0 saturated heterocycles. The zero-order chi connectivity index (χ0) is 14.5. The Labute approximate surface area is 134 Å². The number of rotatable bonds is 5. The normalized spacial score (nSPS) is 12.2. The fraction of sp³-hybridized carbons (Fsp3) is 0.231. The smallest absolute Gasteiger partial charge is 0.137 e. The summed E-state index contributed by atoms with van der Waals surface area (Å²) < 4.78 is 7.21. The molecular weight excluding hydrogens is 388 g/mol. The Kier molecular flexibility index (Phi) is 5.47. The average Bonchev–Trinajstić information content (AvgIpc) is 2.43. The number of ether oxygens (including phenoxy) is 1. The van der Waals surface area contributed by atoms with Crippen molar-refractivity contribution >= 4 is 31.9 Å². The van der Waals surface area contributed by atoms with Crippen LogP contribution < -0.4 is 16.0 Å². The van der Waals surface area contributed by atoms with Gasteiger partial charge in [-0.1, -0.05) is 0 Å². The summed E-state index contributed by atoms with van der Waals surface area (Å²) in [5.74, 6) is 6.38. The Morgan fingerprint density at radius 3 is 2.75 bits per heavy atom. The monoisotopic (exact) mass is 400 g/mol. The number of halogens is 2. The van der Waals surface area contributed by atoms with Crippen LogP contribution in [0.2, 0.25) is 0 Å². The second-order valence-electron chi connectivity index (χ2n) is 4.01. The van der Waals surface area contributed by atoms with Gasteiger partial charge in [0.25, 0.3) is 0 Å². The lowest BCUT2D eigenvalue weighted by atomic mass is 10.1. The molecule has 2 heterocycles. The van der Waals surface area contributed by atoms with Crippen LogP contribution in [0.3, 0.4) is 0 Å². The highest BCUT2D eigenvalue weighted by molar-refractivity contribution is 9.11. The second kappa shape index (κ2) is 7.12. The lowest BCUT2D eigenvalue weighted by Crippen LogP contribution is -2.30. The van der Waals surface area contributed by atoms with Crippen molar-refractivity contribution in [2.75, 3.05) is 6.61 Å². The number of aromatic nitrogens is 2. The van der Waals surface area contributed by atoms with E-state index in [-0.39, 0.29) is 6.04 Å². The van der Waals surface area contributed by atoms with Crippen LogP contribution in [0.5, 0.6) is 5.75 Å². The van der Waals surface area contributed by atoms with Gasteiger partial charge in [0.1, 0.15) is 5.75 Å². The Bertz CT molecular complexity index is 594. The van der Waals surface area contributed by atoms with E-state index in [9.17, 15) is 0 Å². The number of hydrogen-bond donors (Lipinski definition) is 2. The quantitative estimate of drug-likeness (QED) is 0.595. The van der Waals surface area contributed by atoms with Gasteiger partial charge in [-0.2, -0.15) is 0 Å². The van der Waals surface area contributed by atoms with E-state index in [1.165, 1.54) is 0 Å². The Morgan fingerprint density at radius 2 is 2.10 bits per heavy atom. The molecule has 0 amide bonds. The van der Waals surface area contributed by atoms with E-state index in [0.29, 0.717) is 12.4 Å². The third-order valence-corrected chi connectivity index (χ3v) is 3.72. The van der Waals surface area contributed by atoms with Crippen LogP contribution in [-0.2, 0) is 0 Å². The van der Waals surface area contributed by atoms with Gasteiger partial charge in [0.15, 0.2) is 0 Å². The molecule has 0 spiro atoms. The lowest BCUT2D eigenvalue weighted by molar-refractivity contribution is 0.338. The molecule has 1 unspecified atom stereocenters.